The van der Waals surface area contributed by atoms with Crippen LogP contribution in [0.2, 0.25) is 0 Å². The van der Waals surface area contributed by atoms with Crippen molar-refractivity contribution in [1.29, 1.82) is 0 Å². The highest BCUT2D eigenvalue weighted by Crippen LogP contribution is 2.23. The predicted molar refractivity (Wildman–Crippen MR) is 88.0 cm³/mol. The summed E-state index contributed by atoms with van der Waals surface area (Å²) in [7, 11) is 0. The van der Waals surface area contributed by atoms with Crippen molar-refractivity contribution < 1.29 is 19.4 Å². The summed E-state index contributed by atoms with van der Waals surface area (Å²) >= 11 is 1.51. The Bertz CT molecular complexity index is 703. The number of benzene rings is 1. The quantitative estimate of drug-likeness (QED) is 0.884. The standard InChI is InChI=1S/C16H17N3O4S/c20-15(21)12-3-1-11(2-4-12)9-18-16(22)19-6-7-23-13(10-19)14-17-5-8-24-14/h1-5,8,13H,6-7,9-10H2,(H,18,22)(H,20,21). The van der Waals surface area contributed by atoms with E-state index in [9.17, 15) is 9.59 Å². The van der Waals surface area contributed by atoms with Gasteiger partial charge in [-0.1, -0.05) is 12.1 Å². The second-order valence-corrected chi connectivity index (χ2v) is 6.26. The Morgan fingerprint density at radius 1 is 1.38 bits per heavy atom. The maximum Gasteiger partial charge on any atom is 0.335 e. The van der Waals surface area contributed by atoms with Crippen LogP contribution in [-0.4, -0.2) is 46.7 Å². The third-order valence-electron chi connectivity index (χ3n) is 3.73. The molecule has 1 aliphatic rings. The molecular formula is C16H17N3O4S. The zero-order valence-electron chi connectivity index (χ0n) is 12.8. The van der Waals surface area contributed by atoms with Gasteiger partial charge in [-0.05, 0) is 17.7 Å². The number of nitrogens with one attached hydrogen (secondary N) is 1. The monoisotopic (exact) mass is 347 g/mol. The van der Waals surface area contributed by atoms with E-state index in [0.717, 1.165) is 10.6 Å². The van der Waals surface area contributed by atoms with Gasteiger partial charge in [0.1, 0.15) is 11.1 Å². The number of hydrogen-bond donors (Lipinski definition) is 2. The fourth-order valence-electron chi connectivity index (χ4n) is 2.43. The lowest BCUT2D eigenvalue weighted by atomic mass is 10.1. The van der Waals surface area contributed by atoms with Gasteiger partial charge in [0.15, 0.2) is 0 Å². The van der Waals surface area contributed by atoms with E-state index >= 15 is 0 Å². The molecule has 1 aromatic heterocycles. The minimum atomic E-state index is -0.966. The SMILES string of the molecule is O=C(O)c1ccc(CNC(=O)N2CCOC(c3nccs3)C2)cc1. The van der Waals surface area contributed by atoms with Gasteiger partial charge in [-0.3, -0.25) is 0 Å². The van der Waals surface area contributed by atoms with Crippen LogP contribution in [0.3, 0.4) is 0 Å². The summed E-state index contributed by atoms with van der Waals surface area (Å²) in [6.45, 7) is 1.83. The molecule has 7 nitrogen and oxygen atoms in total. The first-order valence-corrected chi connectivity index (χ1v) is 8.37. The second-order valence-electron chi connectivity index (χ2n) is 5.34. The number of aromatic carboxylic acids is 1. The Hall–Kier alpha value is -2.45. The van der Waals surface area contributed by atoms with Crippen molar-refractivity contribution in [3.05, 3.63) is 52.0 Å². The number of thiazole rings is 1. The first kappa shape index (κ1) is 16.4. The summed E-state index contributed by atoms with van der Waals surface area (Å²) in [4.78, 5) is 29.1. The van der Waals surface area contributed by atoms with E-state index in [0.29, 0.717) is 26.2 Å². The Morgan fingerprint density at radius 2 is 2.17 bits per heavy atom. The van der Waals surface area contributed by atoms with Crippen molar-refractivity contribution >= 4 is 23.3 Å². The van der Waals surface area contributed by atoms with Crippen LogP contribution in [0, 0.1) is 0 Å². The van der Waals surface area contributed by atoms with E-state index in [1.807, 2.05) is 5.38 Å². The molecule has 2 N–H and O–H groups in total. The molecule has 1 atom stereocenters. The van der Waals surface area contributed by atoms with Gasteiger partial charge in [0.05, 0.1) is 18.7 Å². The number of rotatable bonds is 4. The molecule has 0 spiro atoms. The summed E-state index contributed by atoms with van der Waals surface area (Å²) < 4.78 is 5.67. The molecule has 0 saturated carbocycles. The van der Waals surface area contributed by atoms with Crippen molar-refractivity contribution in [2.45, 2.75) is 12.6 Å². The lowest BCUT2D eigenvalue weighted by Crippen LogP contribution is -2.46. The molecule has 0 aliphatic carbocycles. The molecule has 2 heterocycles. The van der Waals surface area contributed by atoms with Gasteiger partial charge in [0, 0.05) is 24.7 Å². The van der Waals surface area contributed by atoms with Gasteiger partial charge in [-0.25, -0.2) is 14.6 Å². The highest BCUT2D eigenvalue weighted by molar-refractivity contribution is 7.09. The number of hydrogen-bond acceptors (Lipinski definition) is 5. The Kier molecular flexibility index (Phi) is 5.07. The number of urea groups is 1. The molecule has 2 aromatic rings. The molecular weight excluding hydrogens is 330 g/mol. The van der Waals surface area contributed by atoms with Gasteiger partial charge in [-0.15, -0.1) is 11.3 Å². The largest absolute Gasteiger partial charge is 0.478 e. The van der Waals surface area contributed by atoms with Crippen molar-refractivity contribution in [3.63, 3.8) is 0 Å². The number of ether oxygens (including phenoxy) is 1. The number of carbonyl (C=O) groups excluding carboxylic acids is 1. The van der Waals surface area contributed by atoms with Crippen LogP contribution in [0.5, 0.6) is 0 Å². The van der Waals surface area contributed by atoms with Crippen LogP contribution in [0.4, 0.5) is 4.79 Å². The van der Waals surface area contributed by atoms with E-state index < -0.39 is 5.97 Å². The maximum atomic E-state index is 12.3. The molecule has 0 radical (unpaired) electrons. The average molecular weight is 347 g/mol. The van der Waals surface area contributed by atoms with Gasteiger partial charge in [-0.2, -0.15) is 0 Å². The van der Waals surface area contributed by atoms with Crippen molar-refractivity contribution in [1.82, 2.24) is 15.2 Å². The second kappa shape index (κ2) is 7.41. The van der Waals surface area contributed by atoms with E-state index in [-0.39, 0.29) is 17.7 Å². The summed E-state index contributed by atoms with van der Waals surface area (Å²) in [5, 5.41) is 14.5. The summed E-state index contributed by atoms with van der Waals surface area (Å²) in [6, 6.07) is 6.28. The number of amides is 2. The van der Waals surface area contributed by atoms with Gasteiger partial charge in [0.2, 0.25) is 0 Å². The molecule has 0 bridgehead atoms. The summed E-state index contributed by atoms with van der Waals surface area (Å²) in [6.07, 6.45) is 1.54. The highest BCUT2D eigenvalue weighted by atomic mass is 32.1. The Balaban J connectivity index is 1.53. The molecule has 24 heavy (non-hydrogen) atoms. The van der Waals surface area contributed by atoms with Crippen molar-refractivity contribution in [2.24, 2.45) is 0 Å². The molecule has 8 heteroatoms. The molecule has 1 aliphatic heterocycles. The zero-order chi connectivity index (χ0) is 16.9. The topological polar surface area (TPSA) is 91.8 Å². The van der Waals surface area contributed by atoms with Gasteiger partial charge >= 0.3 is 12.0 Å². The number of carboxylic acids is 1. The fraction of sp³-hybridized carbons (Fsp3) is 0.312. The van der Waals surface area contributed by atoms with E-state index in [1.54, 1.807) is 23.2 Å². The van der Waals surface area contributed by atoms with Crippen LogP contribution in [0.1, 0.15) is 27.0 Å². The molecule has 1 unspecified atom stereocenters. The molecule has 3 rings (SSSR count). The average Bonchev–Trinajstić information content (AvgIpc) is 3.15. The predicted octanol–water partition coefficient (Wildman–Crippen LogP) is 2.12. The van der Waals surface area contributed by atoms with Crippen LogP contribution < -0.4 is 5.32 Å². The number of aromatic nitrogens is 1. The lowest BCUT2D eigenvalue weighted by Gasteiger charge is -2.32. The lowest BCUT2D eigenvalue weighted by molar-refractivity contribution is -0.0155. The molecule has 1 aromatic carbocycles. The third kappa shape index (κ3) is 3.90. The Morgan fingerprint density at radius 3 is 2.83 bits per heavy atom. The van der Waals surface area contributed by atoms with Crippen molar-refractivity contribution in [2.75, 3.05) is 19.7 Å². The molecule has 1 fully saturated rings. The molecule has 126 valence electrons. The third-order valence-corrected chi connectivity index (χ3v) is 4.59. The van der Waals surface area contributed by atoms with Gasteiger partial charge in [0.25, 0.3) is 0 Å². The van der Waals surface area contributed by atoms with Crippen LogP contribution in [0.25, 0.3) is 0 Å². The van der Waals surface area contributed by atoms with Crippen LogP contribution in [0.15, 0.2) is 35.8 Å². The summed E-state index contributed by atoms with van der Waals surface area (Å²) in [5.41, 5.74) is 1.07. The van der Waals surface area contributed by atoms with E-state index in [2.05, 4.69) is 10.3 Å². The van der Waals surface area contributed by atoms with E-state index in [4.69, 9.17) is 9.84 Å². The minimum absolute atomic E-state index is 0.165. The first-order valence-electron chi connectivity index (χ1n) is 7.49. The normalized spacial score (nSPS) is 17.5. The maximum absolute atomic E-state index is 12.3. The minimum Gasteiger partial charge on any atom is -0.478 e. The molecule has 1 saturated heterocycles. The number of carbonyl (C=O) groups is 2. The van der Waals surface area contributed by atoms with Crippen LogP contribution >= 0.6 is 11.3 Å². The summed E-state index contributed by atoms with van der Waals surface area (Å²) in [5.74, 6) is -0.966. The first-order chi connectivity index (χ1) is 11.6. The van der Waals surface area contributed by atoms with Crippen LogP contribution in [-0.2, 0) is 11.3 Å². The molecule has 2 amide bonds. The highest BCUT2D eigenvalue weighted by Gasteiger charge is 2.26. The Labute approximate surface area is 142 Å². The van der Waals surface area contributed by atoms with Gasteiger partial charge < -0.3 is 20.1 Å². The zero-order valence-corrected chi connectivity index (χ0v) is 13.7. The smallest absolute Gasteiger partial charge is 0.335 e. The van der Waals surface area contributed by atoms with E-state index in [1.165, 1.54) is 23.5 Å². The fourth-order valence-corrected chi connectivity index (χ4v) is 3.11. The van der Waals surface area contributed by atoms with Crippen molar-refractivity contribution in [3.8, 4) is 0 Å². The number of nitrogens with zero attached hydrogens (tertiary/aromatic N) is 2. The number of morpholine rings is 1. The number of carboxylic acid groups (broad SMARTS) is 1.